The van der Waals surface area contributed by atoms with Crippen LogP contribution in [0, 0.1) is 11.5 Å². The van der Waals surface area contributed by atoms with Crippen molar-refractivity contribution in [2.45, 2.75) is 0 Å². The first-order valence-corrected chi connectivity index (χ1v) is 3.20. The van der Waals surface area contributed by atoms with Crippen LogP contribution in [0.3, 0.4) is 0 Å². The van der Waals surface area contributed by atoms with E-state index in [1.54, 1.807) is 4.72 Å². The molecule has 0 fully saturated rings. The summed E-state index contributed by atoms with van der Waals surface area (Å²) in [4.78, 5) is 0. The number of hydrogen-bond donors (Lipinski definition) is 2. The zero-order chi connectivity index (χ0) is 7.28. The molecule has 0 aromatic heterocycles. The third-order valence-corrected chi connectivity index (χ3v) is 1.05. The van der Waals surface area contributed by atoms with E-state index in [1.807, 2.05) is 5.32 Å². The Labute approximate surface area is 59.5 Å². The molecule has 0 spiro atoms. The van der Waals surface area contributed by atoms with Gasteiger partial charge in [-0.15, -0.1) is 0 Å². The van der Waals surface area contributed by atoms with Gasteiger partial charge in [0.25, 0.3) is 0 Å². The fraction of sp³-hybridized carbons (Fsp3) is 0. The Morgan fingerprint density at radius 3 is 2.78 bits per heavy atom. The van der Waals surface area contributed by atoms with Crippen molar-refractivity contribution in [3.05, 3.63) is 0 Å². The summed E-state index contributed by atoms with van der Waals surface area (Å²) in [6.07, 6.45) is 1.45. The topological polar surface area (TPSA) is 88.0 Å². The zero-order valence-electron chi connectivity index (χ0n) is 4.08. The van der Waals surface area contributed by atoms with Crippen molar-refractivity contribution in [1.82, 2.24) is 10.0 Å². The Hall–Kier alpha value is -0.710. The Morgan fingerprint density at radius 1 is 1.89 bits per heavy atom. The van der Waals surface area contributed by atoms with Crippen molar-refractivity contribution in [3.63, 3.8) is 0 Å². The molecule has 0 heterocycles. The Balaban J connectivity index is 3.54. The molecule has 9 heavy (non-hydrogen) atoms. The van der Waals surface area contributed by atoms with E-state index in [2.05, 4.69) is 12.2 Å². The average Bonchev–Trinajstić information content (AvgIpc) is 1.63. The first kappa shape index (κ1) is 8.29. The zero-order valence-corrected chi connectivity index (χ0v) is 5.71. The van der Waals surface area contributed by atoms with E-state index in [9.17, 15) is 8.76 Å². The van der Waals surface area contributed by atoms with Crippen LogP contribution in [0.4, 0.5) is 0 Å². The molecule has 0 amide bonds. The van der Waals surface area contributed by atoms with Gasteiger partial charge in [-0.1, -0.05) is 0 Å². The normalized spacial score (nSPS) is 11.1. The van der Waals surface area contributed by atoms with Gasteiger partial charge in [0.2, 0.25) is 0 Å². The Morgan fingerprint density at radius 2 is 2.44 bits per heavy atom. The molecule has 0 aliphatic rings. The lowest BCUT2D eigenvalue weighted by molar-refractivity contribution is 0.533. The summed E-state index contributed by atoms with van der Waals surface area (Å²) >= 11 is 1.84. The second kappa shape index (κ2) is 4.20. The second-order valence-corrected chi connectivity index (χ2v) is 1.98. The third-order valence-electron chi connectivity index (χ3n) is 0.345. The molecule has 0 aromatic carbocycles. The molecule has 0 aromatic rings. The van der Waals surface area contributed by atoms with Crippen LogP contribution in [0.2, 0.25) is 0 Å². The number of hydrogen-bond acceptors (Lipinski definition) is 4. The summed E-state index contributed by atoms with van der Waals surface area (Å²) < 4.78 is 21.2. The number of nitrogens with one attached hydrogen (secondary N) is 2. The summed E-state index contributed by atoms with van der Waals surface area (Å²) in [5, 5.41) is 9.54. The maximum atomic E-state index is 9.74. The highest BCUT2D eigenvalue weighted by Gasteiger charge is 1.88. The SMILES string of the molecule is N#CNC(=S)NS(=O)[O-]. The average molecular weight is 164 g/mol. The van der Waals surface area contributed by atoms with Gasteiger partial charge in [0.05, 0.1) is 0 Å². The molecular formula is C2H2N3O2S2-. The van der Waals surface area contributed by atoms with Gasteiger partial charge in [0.1, 0.15) is 0 Å². The van der Waals surface area contributed by atoms with Gasteiger partial charge in [0.15, 0.2) is 11.3 Å². The van der Waals surface area contributed by atoms with Gasteiger partial charge in [-0.3, -0.25) is 14.2 Å². The highest BCUT2D eigenvalue weighted by molar-refractivity contribution is 7.83. The monoisotopic (exact) mass is 164 g/mol. The summed E-state index contributed by atoms with van der Waals surface area (Å²) in [6.45, 7) is 0. The van der Waals surface area contributed by atoms with Crippen molar-refractivity contribution in [1.29, 1.82) is 5.26 Å². The molecule has 0 bridgehead atoms. The second-order valence-electron chi connectivity index (χ2n) is 0.903. The van der Waals surface area contributed by atoms with Crippen LogP contribution in [-0.4, -0.2) is 13.9 Å². The lowest BCUT2D eigenvalue weighted by atomic mass is 11.1. The minimum absolute atomic E-state index is 0.231. The molecule has 0 aliphatic heterocycles. The summed E-state index contributed by atoms with van der Waals surface area (Å²) in [5.74, 6) is 0. The van der Waals surface area contributed by atoms with E-state index < -0.39 is 11.3 Å². The van der Waals surface area contributed by atoms with E-state index in [0.29, 0.717) is 0 Å². The van der Waals surface area contributed by atoms with Crippen molar-refractivity contribution in [2.24, 2.45) is 0 Å². The van der Waals surface area contributed by atoms with E-state index in [1.165, 1.54) is 6.19 Å². The summed E-state index contributed by atoms with van der Waals surface area (Å²) in [5.41, 5.74) is 0. The summed E-state index contributed by atoms with van der Waals surface area (Å²) in [6, 6.07) is 0. The van der Waals surface area contributed by atoms with Crippen LogP contribution >= 0.6 is 12.2 Å². The first-order valence-electron chi connectivity index (χ1n) is 1.72. The highest BCUT2D eigenvalue weighted by atomic mass is 32.2. The molecule has 0 saturated carbocycles. The predicted octanol–water partition coefficient (Wildman–Crippen LogP) is -1.27. The molecule has 0 saturated heterocycles. The van der Waals surface area contributed by atoms with Gasteiger partial charge in [0, 0.05) is 11.3 Å². The number of rotatable bonds is 1. The van der Waals surface area contributed by atoms with Crippen LogP contribution in [-0.2, 0) is 11.3 Å². The molecule has 1 unspecified atom stereocenters. The number of nitrogens with zero attached hydrogens (tertiary/aromatic N) is 1. The van der Waals surface area contributed by atoms with Crippen LogP contribution in [0.5, 0.6) is 0 Å². The molecule has 0 rings (SSSR count). The maximum absolute atomic E-state index is 9.74. The van der Waals surface area contributed by atoms with E-state index in [4.69, 9.17) is 5.26 Å². The highest BCUT2D eigenvalue weighted by Crippen LogP contribution is 1.65. The van der Waals surface area contributed by atoms with Crippen molar-refractivity contribution < 1.29 is 8.76 Å². The number of thiocarbonyl (C=S) groups is 1. The molecule has 0 aliphatic carbocycles. The number of nitriles is 1. The van der Waals surface area contributed by atoms with Gasteiger partial charge in [-0.05, 0) is 12.2 Å². The van der Waals surface area contributed by atoms with E-state index in [-0.39, 0.29) is 5.11 Å². The van der Waals surface area contributed by atoms with Gasteiger partial charge < -0.3 is 4.55 Å². The van der Waals surface area contributed by atoms with Gasteiger partial charge in [-0.25, -0.2) is 0 Å². The van der Waals surface area contributed by atoms with Crippen molar-refractivity contribution >= 4 is 28.6 Å². The summed E-state index contributed by atoms with van der Waals surface area (Å²) in [7, 11) is 0. The minimum Gasteiger partial charge on any atom is -0.755 e. The lowest BCUT2D eigenvalue weighted by Crippen LogP contribution is -2.33. The molecule has 5 nitrogen and oxygen atoms in total. The minimum atomic E-state index is -2.45. The van der Waals surface area contributed by atoms with Crippen LogP contribution in [0.15, 0.2) is 0 Å². The van der Waals surface area contributed by atoms with Crippen molar-refractivity contribution in [2.75, 3.05) is 0 Å². The maximum Gasteiger partial charge on any atom is 0.190 e. The Bertz CT molecular complexity index is 173. The molecule has 7 heteroatoms. The quantitative estimate of drug-likeness (QED) is 0.218. The first-order chi connectivity index (χ1) is 4.16. The molecular weight excluding hydrogens is 162 g/mol. The van der Waals surface area contributed by atoms with E-state index >= 15 is 0 Å². The van der Waals surface area contributed by atoms with Gasteiger partial charge in [-0.2, -0.15) is 5.26 Å². The van der Waals surface area contributed by atoms with Crippen LogP contribution in [0.25, 0.3) is 0 Å². The lowest BCUT2D eigenvalue weighted by Gasteiger charge is -2.05. The van der Waals surface area contributed by atoms with Crippen LogP contribution in [0.1, 0.15) is 0 Å². The molecule has 0 radical (unpaired) electrons. The largest absolute Gasteiger partial charge is 0.755 e. The molecule has 50 valence electrons. The van der Waals surface area contributed by atoms with E-state index in [0.717, 1.165) is 0 Å². The van der Waals surface area contributed by atoms with Crippen molar-refractivity contribution in [3.8, 4) is 6.19 Å². The fourth-order valence-corrected chi connectivity index (χ4v) is 0.604. The molecule has 1 atom stereocenters. The van der Waals surface area contributed by atoms with Gasteiger partial charge >= 0.3 is 0 Å². The third kappa shape index (κ3) is 5.16. The standard InChI is InChI=1S/C2H3N3O2S2/c3-1-4-2(8)5-9(6)7/h(H,6,7)(H2,4,5,8)/p-1. The smallest absolute Gasteiger partial charge is 0.190 e. The predicted molar refractivity (Wildman–Crippen MR) is 33.4 cm³/mol. The Kier molecular flexibility index (Phi) is 3.87. The fourth-order valence-electron chi connectivity index (χ4n) is 0.152. The van der Waals surface area contributed by atoms with Crippen LogP contribution < -0.4 is 10.0 Å². The molecule has 2 N–H and O–H groups in total.